The van der Waals surface area contributed by atoms with Crippen LogP contribution in [0.25, 0.3) is 0 Å². The highest BCUT2D eigenvalue weighted by Crippen LogP contribution is 2.32. The molecule has 4 rings (SSSR count). The Morgan fingerprint density at radius 2 is 1.70 bits per heavy atom. The maximum Gasteiger partial charge on any atom is 0.234 e. The van der Waals surface area contributed by atoms with Crippen molar-refractivity contribution in [2.45, 2.75) is 32.9 Å². The summed E-state index contributed by atoms with van der Waals surface area (Å²) in [5.74, 6) is 1.76. The van der Waals surface area contributed by atoms with Crippen LogP contribution in [0.3, 0.4) is 0 Å². The van der Waals surface area contributed by atoms with Crippen LogP contribution in [0.1, 0.15) is 36.1 Å². The van der Waals surface area contributed by atoms with Crippen molar-refractivity contribution in [3.63, 3.8) is 0 Å². The summed E-state index contributed by atoms with van der Waals surface area (Å²) in [6.45, 7) is 9.56. The topological polar surface area (TPSA) is 54.0 Å². The van der Waals surface area contributed by atoms with E-state index in [-0.39, 0.29) is 11.9 Å². The minimum Gasteiger partial charge on any atom is -0.454 e. The van der Waals surface area contributed by atoms with Gasteiger partial charge in [-0.2, -0.15) is 0 Å². The number of ether oxygens (including phenoxy) is 2. The zero-order valence-electron chi connectivity index (χ0n) is 17.9. The first-order valence-electron chi connectivity index (χ1n) is 10.8. The first-order valence-corrected chi connectivity index (χ1v) is 10.8. The SMILES string of the molecule is CC[C@@H](NC(=O)CN1CCN(Cc2ccc3c(c2)OCO3)CC1)c1ccc(C)cc1. The fraction of sp³-hybridized carbons (Fsp3) is 0.458. The van der Waals surface area contributed by atoms with Gasteiger partial charge in [0.2, 0.25) is 12.7 Å². The smallest absolute Gasteiger partial charge is 0.234 e. The Kier molecular flexibility index (Phi) is 6.55. The summed E-state index contributed by atoms with van der Waals surface area (Å²) in [6, 6.07) is 14.6. The van der Waals surface area contributed by atoms with Crippen LogP contribution in [0.2, 0.25) is 0 Å². The average Bonchev–Trinajstić information content (AvgIpc) is 3.22. The lowest BCUT2D eigenvalue weighted by atomic mass is 10.0. The third-order valence-electron chi connectivity index (χ3n) is 5.90. The standard InChI is InChI=1S/C24H31N3O3/c1-3-21(20-7-4-18(2)5-8-20)25-24(28)16-27-12-10-26(11-13-27)15-19-6-9-22-23(14-19)30-17-29-22/h4-9,14,21H,3,10-13,15-17H2,1-2H3,(H,25,28)/t21-/m1/s1. The van der Waals surface area contributed by atoms with E-state index < -0.39 is 0 Å². The number of amides is 1. The van der Waals surface area contributed by atoms with Gasteiger partial charge in [0.15, 0.2) is 11.5 Å². The molecule has 0 bridgehead atoms. The fourth-order valence-electron chi connectivity index (χ4n) is 4.07. The summed E-state index contributed by atoms with van der Waals surface area (Å²) in [6.07, 6.45) is 0.887. The van der Waals surface area contributed by atoms with Crippen LogP contribution in [0.15, 0.2) is 42.5 Å². The van der Waals surface area contributed by atoms with Gasteiger partial charge in [-0.05, 0) is 36.6 Å². The van der Waals surface area contributed by atoms with Crippen LogP contribution < -0.4 is 14.8 Å². The molecule has 0 spiro atoms. The number of piperazine rings is 1. The van der Waals surface area contributed by atoms with E-state index >= 15 is 0 Å². The molecule has 6 nitrogen and oxygen atoms in total. The Labute approximate surface area is 178 Å². The number of fused-ring (bicyclic) bond motifs is 1. The molecule has 160 valence electrons. The van der Waals surface area contributed by atoms with Crippen molar-refractivity contribution in [2.24, 2.45) is 0 Å². The van der Waals surface area contributed by atoms with Crippen LogP contribution in [0.5, 0.6) is 11.5 Å². The molecule has 2 heterocycles. The summed E-state index contributed by atoms with van der Waals surface area (Å²) >= 11 is 0. The van der Waals surface area contributed by atoms with E-state index in [1.54, 1.807) is 0 Å². The lowest BCUT2D eigenvalue weighted by Crippen LogP contribution is -2.49. The van der Waals surface area contributed by atoms with Crippen molar-refractivity contribution < 1.29 is 14.3 Å². The van der Waals surface area contributed by atoms with Gasteiger partial charge in [0, 0.05) is 32.7 Å². The zero-order valence-corrected chi connectivity index (χ0v) is 17.9. The number of carbonyl (C=O) groups excluding carboxylic acids is 1. The van der Waals surface area contributed by atoms with Crippen LogP contribution in [-0.2, 0) is 11.3 Å². The van der Waals surface area contributed by atoms with Gasteiger partial charge in [-0.3, -0.25) is 14.6 Å². The molecular weight excluding hydrogens is 378 g/mol. The molecule has 0 unspecified atom stereocenters. The molecule has 30 heavy (non-hydrogen) atoms. The van der Waals surface area contributed by atoms with Crippen molar-refractivity contribution >= 4 is 5.91 Å². The van der Waals surface area contributed by atoms with Crippen molar-refractivity contribution in [1.82, 2.24) is 15.1 Å². The van der Waals surface area contributed by atoms with E-state index in [0.717, 1.165) is 50.6 Å². The monoisotopic (exact) mass is 409 g/mol. The molecule has 2 aliphatic heterocycles. The fourth-order valence-corrected chi connectivity index (χ4v) is 4.07. The number of hydrogen-bond donors (Lipinski definition) is 1. The first kappa shape index (κ1) is 20.7. The summed E-state index contributed by atoms with van der Waals surface area (Å²) in [4.78, 5) is 17.3. The van der Waals surface area contributed by atoms with Gasteiger partial charge in [-0.1, -0.05) is 42.8 Å². The van der Waals surface area contributed by atoms with Crippen LogP contribution in [-0.4, -0.2) is 55.2 Å². The Morgan fingerprint density at radius 3 is 2.43 bits per heavy atom. The molecule has 1 N–H and O–H groups in total. The van der Waals surface area contributed by atoms with E-state index in [2.05, 4.69) is 65.4 Å². The second kappa shape index (κ2) is 9.49. The van der Waals surface area contributed by atoms with Gasteiger partial charge < -0.3 is 14.8 Å². The van der Waals surface area contributed by atoms with Gasteiger partial charge in [-0.25, -0.2) is 0 Å². The van der Waals surface area contributed by atoms with E-state index in [1.165, 1.54) is 16.7 Å². The Hall–Kier alpha value is -2.57. The van der Waals surface area contributed by atoms with Crippen molar-refractivity contribution in [2.75, 3.05) is 39.5 Å². The predicted octanol–water partition coefficient (Wildman–Crippen LogP) is 3.11. The number of carbonyl (C=O) groups is 1. The molecule has 1 saturated heterocycles. The highest BCUT2D eigenvalue weighted by molar-refractivity contribution is 5.78. The number of nitrogens with zero attached hydrogens (tertiary/aromatic N) is 2. The number of rotatable bonds is 7. The van der Waals surface area contributed by atoms with Crippen molar-refractivity contribution in [1.29, 1.82) is 0 Å². The Balaban J connectivity index is 1.23. The Morgan fingerprint density at radius 1 is 1.00 bits per heavy atom. The highest BCUT2D eigenvalue weighted by Gasteiger charge is 2.21. The summed E-state index contributed by atoms with van der Waals surface area (Å²) < 4.78 is 10.9. The van der Waals surface area contributed by atoms with Gasteiger partial charge in [0.1, 0.15) is 0 Å². The van der Waals surface area contributed by atoms with E-state index in [1.807, 2.05) is 6.07 Å². The largest absolute Gasteiger partial charge is 0.454 e. The van der Waals surface area contributed by atoms with Gasteiger partial charge in [0.05, 0.1) is 12.6 Å². The summed E-state index contributed by atoms with van der Waals surface area (Å²) in [5, 5.41) is 3.20. The minimum atomic E-state index is 0.0744. The van der Waals surface area contributed by atoms with Crippen molar-refractivity contribution in [3.05, 3.63) is 59.2 Å². The molecule has 2 aromatic rings. The zero-order chi connectivity index (χ0) is 20.9. The number of aryl methyl sites for hydroxylation is 1. The average molecular weight is 410 g/mol. The van der Waals surface area contributed by atoms with E-state index in [4.69, 9.17) is 9.47 Å². The quantitative estimate of drug-likeness (QED) is 0.762. The molecule has 6 heteroatoms. The molecule has 0 aromatic heterocycles. The Bertz CT molecular complexity index is 860. The number of benzene rings is 2. The maximum absolute atomic E-state index is 12.6. The molecule has 0 radical (unpaired) electrons. The second-order valence-electron chi connectivity index (χ2n) is 8.18. The predicted molar refractivity (Wildman–Crippen MR) is 117 cm³/mol. The van der Waals surface area contributed by atoms with Crippen LogP contribution in [0.4, 0.5) is 0 Å². The number of hydrogen-bond acceptors (Lipinski definition) is 5. The molecule has 1 fully saturated rings. The summed E-state index contributed by atoms with van der Waals surface area (Å²) in [7, 11) is 0. The lowest BCUT2D eigenvalue weighted by Gasteiger charge is -2.34. The minimum absolute atomic E-state index is 0.0744. The molecule has 2 aliphatic rings. The third-order valence-corrected chi connectivity index (χ3v) is 5.90. The van der Waals surface area contributed by atoms with E-state index in [9.17, 15) is 4.79 Å². The molecular formula is C24H31N3O3. The lowest BCUT2D eigenvalue weighted by molar-refractivity contribution is -0.123. The third kappa shape index (κ3) is 5.12. The molecule has 1 amide bonds. The van der Waals surface area contributed by atoms with Crippen LogP contribution >= 0.6 is 0 Å². The maximum atomic E-state index is 12.6. The normalized spacial score (nSPS) is 17.7. The van der Waals surface area contributed by atoms with Gasteiger partial charge in [0.25, 0.3) is 0 Å². The first-order chi connectivity index (χ1) is 14.6. The van der Waals surface area contributed by atoms with Gasteiger partial charge in [-0.15, -0.1) is 0 Å². The molecule has 1 atom stereocenters. The highest BCUT2D eigenvalue weighted by atomic mass is 16.7. The molecule has 2 aromatic carbocycles. The van der Waals surface area contributed by atoms with Crippen LogP contribution in [0, 0.1) is 6.92 Å². The van der Waals surface area contributed by atoms with Gasteiger partial charge >= 0.3 is 0 Å². The molecule has 0 saturated carbocycles. The summed E-state index contributed by atoms with van der Waals surface area (Å²) in [5.41, 5.74) is 3.64. The number of nitrogens with one attached hydrogen (secondary N) is 1. The van der Waals surface area contributed by atoms with E-state index in [0.29, 0.717) is 13.3 Å². The second-order valence-corrected chi connectivity index (χ2v) is 8.18. The molecule has 0 aliphatic carbocycles. The van der Waals surface area contributed by atoms with Crippen molar-refractivity contribution in [3.8, 4) is 11.5 Å².